The van der Waals surface area contributed by atoms with Crippen molar-refractivity contribution >= 4 is 5.57 Å². The Balaban J connectivity index is 1.58. The van der Waals surface area contributed by atoms with E-state index in [1.54, 1.807) is 6.08 Å². The van der Waals surface area contributed by atoms with Crippen LogP contribution in [0.5, 0.6) is 11.9 Å². The van der Waals surface area contributed by atoms with E-state index in [1.165, 1.54) is 0 Å². The molecule has 1 aliphatic heterocycles. The molecule has 3 rings (SSSR count). The van der Waals surface area contributed by atoms with Gasteiger partial charge in [0.1, 0.15) is 17.9 Å². The molecule has 2 aromatic rings. The predicted octanol–water partition coefficient (Wildman–Crippen LogP) is 3.07. The lowest BCUT2D eigenvalue weighted by molar-refractivity contribution is 0.0855. The molecule has 0 bridgehead atoms. The van der Waals surface area contributed by atoms with Gasteiger partial charge in [0, 0.05) is 0 Å². The summed E-state index contributed by atoms with van der Waals surface area (Å²) in [5, 5.41) is 0. The molecule has 0 spiro atoms. The van der Waals surface area contributed by atoms with E-state index in [0.717, 1.165) is 11.1 Å². The van der Waals surface area contributed by atoms with E-state index in [4.69, 9.17) is 14.2 Å². The number of nitrogens with one attached hydrogen (secondary N) is 1. The van der Waals surface area contributed by atoms with E-state index in [1.807, 2.05) is 37.3 Å². The first-order chi connectivity index (χ1) is 12.2. The maximum absolute atomic E-state index is 12.3. The molecule has 0 saturated heterocycles. The number of aromatic amines is 1. The molecule has 6 nitrogen and oxygen atoms in total. The number of benzene rings is 1. The zero-order chi connectivity index (χ0) is 17.6. The third-order valence-electron chi connectivity index (χ3n) is 3.71. The van der Waals surface area contributed by atoms with Crippen LogP contribution in [0.15, 0.2) is 53.5 Å². The number of hydrogen-bond acceptors (Lipinski definition) is 5. The summed E-state index contributed by atoms with van der Waals surface area (Å²) in [6.07, 6.45) is 2.44. The van der Waals surface area contributed by atoms with E-state index in [0.29, 0.717) is 31.0 Å². The monoisotopic (exact) mass is 340 g/mol. The number of aromatic nitrogens is 2. The van der Waals surface area contributed by atoms with Crippen LogP contribution in [-0.2, 0) is 11.3 Å². The number of nitrogens with zero attached hydrogens (tertiary/aromatic N) is 1. The zero-order valence-corrected chi connectivity index (χ0v) is 14.1. The Bertz CT molecular complexity index is 840. The molecule has 0 fully saturated rings. The summed E-state index contributed by atoms with van der Waals surface area (Å²) in [5.41, 5.74) is 2.08. The highest BCUT2D eigenvalue weighted by atomic mass is 16.5. The molecule has 130 valence electrons. The van der Waals surface area contributed by atoms with Crippen LogP contribution in [-0.4, -0.2) is 23.2 Å². The summed E-state index contributed by atoms with van der Waals surface area (Å²) in [6, 6.07) is 9.98. The second-order valence-corrected chi connectivity index (χ2v) is 5.53. The highest BCUT2D eigenvalue weighted by Gasteiger charge is 2.21. The van der Waals surface area contributed by atoms with Crippen LogP contribution >= 0.6 is 0 Å². The van der Waals surface area contributed by atoms with E-state index >= 15 is 0 Å². The molecule has 1 aliphatic rings. The Labute approximate surface area is 145 Å². The Kier molecular flexibility index (Phi) is 5.30. The van der Waals surface area contributed by atoms with E-state index in [2.05, 4.69) is 16.5 Å². The maximum atomic E-state index is 12.3. The number of H-pyrrole nitrogens is 1. The quantitative estimate of drug-likeness (QED) is 0.784. The van der Waals surface area contributed by atoms with Crippen LogP contribution in [0.3, 0.4) is 0 Å². The third kappa shape index (κ3) is 4.16. The van der Waals surface area contributed by atoms with Crippen molar-refractivity contribution in [2.24, 2.45) is 0 Å². The summed E-state index contributed by atoms with van der Waals surface area (Å²) in [6.45, 7) is 6.89. The summed E-state index contributed by atoms with van der Waals surface area (Å²) >= 11 is 0. The summed E-state index contributed by atoms with van der Waals surface area (Å²) < 4.78 is 16.5. The summed E-state index contributed by atoms with van der Waals surface area (Å²) in [7, 11) is 0. The fraction of sp³-hybridized carbons (Fsp3) is 0.263. The van der Waals surface area contributed by atoms with Crippen LogP contribution in [0.4, 0.5) is 0 Å². The first-order valence-corrected chi connectivity index (χ1v) is 8.14. The molecule has 0 saturated carbocycles. The van der Waals surface area contributed by atoms with Crippen LogP contribution in [0, 0.1) is 0 Å². The Hall–Kier alpha value is -2.86. The molecular formula is C19H20N2O4. The lowest BCUT2D eigenvalue weighted by Gasteiger charge is -2.17. The molecule has 6 heteroatoms. The van der Waals surface area contributed by atoms with Gasteiger partial charge in [-0.25, -0.2) is 0 Å². The van der Waals surface area contributed by atoms with E-state index in [-0.39, 0.29) is 24.1 Å². The van der Waals surface area contributed by atoms with Crippen LogP contribution < -0.4 is 15.0 Å². The smallest absolute Gasteiger partial charge is 0.299 e. The van der Waals surface area contributed by atoms with Gasteiger partial charge in [0.05, 0.1) is 13.2 Å². The van der Waals surface area contributed by atoms with Gasteiger partial charge in [0.15, 0.2) is 0 Å². The molecule has 0 atom stereocenters. The van der Waals surface area contributed by atoms with Crippen molar-refractivity contribution in [3.63, 3.8) is 0 Å². The first kappa shape index (κ1) is 17.0. The first-order valence-electron chi connectivity index (χ1n) is 8.14. The Morgan fingerprint density at radius 3 is 2.80 bits per heavy atom. The minimum Gasteiger partial charge on any atom is -0.462 e. The predicted molar refractivity (Wildman–Crippen MR) is 94.5 cm³/mol. The average molecular weight is 340 g/mol. The number of ether oxygens (including phenoxy) is 3. The second-order valence-electron chi connectivity index (χ2n) is 5.53. The highest BCUT2D eigenvalue weighted by Crippen LogP contribution is 2.30. The molecule has 0 aliphatic carbocycles. The largest absolute Gasteiger partial charge is 0.462 e. The highest BCUT2D eigenvalue weighted by molar-refractivity contribution is 5.72. The molecule has 0 unspecified atom stereocenters. The van der Waals surface area contributed by atoms with Gasteiger partial charge in [-0.2, -0.15) is 4.98 Å². The fourth-order valence-corrected chi connectivity index (χ4v) is 2.52. The standard InChI is InChI=1S/C19H20N2O4/c1-3-15-11-13(2)25-18-16(15)17(22)20-19(21-18)24-10-9-23-12-14-7-5-4-6-8-14/h4-8,11H,2-3,9-10,12H2,1H3,(H,20,21,22). The van der Waals surface area contributed by atoms with Gasteiger partial charge >= 0.3 is 0 Å². The summed E-state index contributed by atoms with van der Waals surface area (Å²) in [5.74, 6) is 0.688. The Morgan fingerprint density at radius 1 is 1.24 bits per heavy atom. The van der Waals surface area contributed by atoms with Crippen molar-refractivity contribution in [2.45, 2.75) is 20.0 Å². The molecule has 0 radical (unpaired) electrons. The molecule has 1 aromatic carbocycles. The maximum Gasteiger partial charge on any atom is 0.299 e. The molecule has 25 heavy (non-hydrogen) atoms. The van der Waals surface area contributed by atoms with Crippen molar-refractivity contribution in [1.82, 2.24) is 9.97 Å². The van der Waals surface area contributed by atoms with Crippen LogP contribution in [0.25, 0.3) is 5.57 Å². The van der Waals surface area contributed by atoms with E-state index in [9.17, 15) is 4.79 Å². The molecule has 2 heterocycles. The lowest BCUT2D eigenvalue weighted by Crippen LogP contribution is -2.20. The van der Waals surface area contributed by atoms with Crippen molar-refractivity contribution in [2.75, 3.05) is 13.2 Å². The summed E-state index contributed by atoms with van der Waals surface area (Å²) in [4.78, 5) is 19.1. The van der Waals surface area contributed by atoms with Gasteiger partial charge < -0.3 is 14.2 Å². The number of allylic oxidation sites excluding steroid dienone is 2. The van der Waals surface area contributed by atoms with Crippen LogP contribution in [0.1, 0.15) is 24.5 Å². The van der Waals surface area contributed by atoms with Crippen molar-refractivity contribution in [3.8, 4) is 11.9 Å². The van der Waals surface area contributed by atoms with Gasteiger partial charge in [-0.15, -0.1) is 0 Å². The number of hydrogen-bond donors (Lipinski definition) is 1. The fourth-order valence-electron chi connectivity index (χ4n) is 2.52. The van der Waals surface area contributed by atoms with Gasteiger partial charge in [-0.3, -0.25) is 9.78 Å². The Morgan fingerprint density at radius 2 is 2.04 bits per heavy atom. The van der Waals surface area contributed by atoms with Gasteiger partial charge in [0.2, 0.25) is 5.88 Å². The van der Waals surface area contributed by atoms with Crippen molar-refractivity contribution in [1.29, 1.82) is 0 Å². The van der Waals surface area contributed by atoms with Crippen molar-refractivity contribution in [3.05, 3.63) is 70.2 Å². The van der Waals surface area contributed by atoms with Gasteiger partial charge in [-0.1, -0.05) is 43.8 Å². The van der Waals surface area contributed by atoms with Gasteiger partial charge in [0.25, 0.3) is 11.6 Å². The number of rotatable bonds is 7. The van der Waals surface area contributed by atoms with Gasteiger partial charge in [-0.05, 0) is 23.6 Å². The lowest BCUT2D eigenvalue weighted by atomic mass is 10.0. The normalized spacial score (nSPS) is 13.0. The van der Waals surface area contributed by atoms with E-state index < -0.39 is 0 Å². The van der Waals surface area contributed by atoms with Crippen molar-refractivity contribution < 1.29 is 14.2 Å². The average Bonchev–Trinajstić information content (AvgIpc) is 2.61. The SMILES string of the molecule is C=C1C=C(CC)c2c(nc(OCCOCc3ccccc3)[nH]c2=O)O1. The molecule has 0 amide bonds. The number of fused-ring (bicyclic) bond motifs is 1. The zero-order valence-electron chi connectivity index (χ0n) is 14.1. The second kappa shape index (κ2) is 7.81. The minimum absolute atomic E-state index is 0.109. The minimum atomic E-state index is -0.286. The molecule has 1 aromatic heterocycles. The van der Waals surface area contributed by atoms with Crippen LogP contribution in [0.2, 0.25) is 0 Å². The topological polar surface area (TPSA) is 73.4 Å². The molecular weight excluding hydrogens is 320 g/mol. The molecule has 1 N–H and O–H groups in total. The third-order valence-corrected chi connectivity index (χ3v) is 3.71.